The summed E-state index contributed by atoms with van der Waals surface area (Å²) < 4.78 is 67.7. The first-order valence-electron chi connectivity index (χ1n) is 13.9. The highest BCUT2D eigenvalue weighted by molar-refractivity contribution is 7.89. The molecule has 1 amide bonds. The molecule has 1 aliphatic heterocycles. The number of nitrogens with one attached hydrogen (secondary N) is 1. The van der Waals surface area contributed by atoms with Gasteiger partial charge in [-0.3, -0.25) is 9.69 Å². The summed E-state index contributed by atoms with van der Waals surface area (Å²) in [4.78, 5) is 15.1. The second kappa shape index (κ2) is 12.4. The van der Waals surface area contributed by atoms with Crippen molar-refractivity contribution >= 4 is 15.9 Å². The molecular weight excluding hydrogens is 527 g/mol. The van der Waals surface area contributed by atoms with E-state index in [1.165, 1.54) is 21.5 Å². The van der Waals surface area contributed by atoms with E-state index in [9.17, 15) is 26.4 Å². The van der Waals surface area contributed by atoms with Crippen LogP contribution in [-0.4, -0.2) is 49.2 Å². The Morgan fingerprint density at radius 1 is 1.05 bits per heavy atom. The Balaban J connectivity index is 1.46. The van der Waals surface area contributed by atoms with Crippen molar-refractivity contribution in [3.8, 4) is 0 Å². The van der Waals surface area contributed by atoms with Gasteiger partial charge in [0.05, 0.1) is 16.5 Å². The summed E-state index contributed by atoms with van der Waals surface area (Å²) in [5.41, 5.74) is 2.59. The lowest BCUT2D eigenvalue weighted by Crippen LogP contribution is -2.46. The molecule has 0 saturated carbocycles. The molecule has 0 unspecified atom stereocenters. The normalized spacial score (nSPS) is 20.6. The zero-order valence-electron chi connectivity index (χ0n) is 22.6. The summed E-state index contributed by atoms with van der Waals surface area (Å²) in [6.07, 6.45) is -0.103. The molecule has 39 heavy (non-hydrogen) atoms. The predicted octanol–water partition coefficient (Wildman–Crippen LogP) is 5.67. The number of benzene rings is 2. The molecule has 214 valence electrons. The smallest absolute Gasteiger partial charge is 0.349 e. The molecule has 0 spiro atoms. The van der Waals surface area contributed by atoms with Gasteiger partial charge in [0.2, 0.25) is 15.9 Å². The molecule has 2 atom stereocenters. The molecule has 0 aromatic heterocycles. The van der Waals surface area contributed by atoms with Gasteiger partial charge in [-0.15, -0.1) is 0 Å². The molecule has 0 radical (unpaired) electrons. The first-order chi connectivity index (χ1) is 18.5. The maximum absolute atomic E-state index is 13.4. The number of amides is 1. The summed E-state index contributed by atoms with van der Waals surface area (Å²) in [5.74, 6) is -0.240. The van der Waals surface area contributed by atoms with E-state index in [2.05, 4.69) is 42.3 Å². The highest BCUT2D eigenvalue weighted by atomic mass is 32.2. The topological polar surface area (TPSA) is 69.7 Å². The van der Waals surface area contributed by atoms with Crippen LogP contribution >= 0.6 is 0 Å². The van der Waals surface area contributed by atoms with Crippen molar-refractivity contribution in [1.29, 1.82) is 0 Å². The van der Waals surface area contributed by atoms with Gasteiger partial charge in [-0.2, -0.15) is 17.5 Å². The number of fused-ring (bicyclic) bond motifs is 1. The summed E-state index contributed by atoms with van der Waals surface area (Å²) in [7, 11) is -4.19. The van der Waals surface area contributed by atoms with Gasteiger partial charge in [0.1, 0.15) is 0 Å². The molecule has 1 heterocycles. The largest absolute Gasteiger partial charge is 0.416 e. The quantitative estimate of drug-likeness (QED) is 0.425. The maximum atomic E-state index is 13.4. The number of rotatable bonds is 9. The third kappa shape index (κ3) is 7.02. The molecule has 2 aromatic carbocycles. The number of carbonyl (C=O) groups excluding carboxylic acids is 1. The lowest BCUT2D eigenvalue weighted by molar-refractivity contribution is -0.137. The maximum Gasteiger partial charge on any atom is 0.416 e. The SMILES string of the molecule is CCN(CC)Cc1ccc2c(c1)CCC[C@H]2NC(=O)C[C@@H]1CCCCN1S(=O)(=O)c1cccc(C(F)(F)F)c1. The minimum Gasteiger partial charge on any atom is -0.349 e. The van der Waals surface area contributed by atoms with E-state index in [1.54, 1.807) is 0 Å². The monoisotopic (exact) mass is 565 g/mol. The van der Waals surface area contributed by atoms with Gasteiger partial charge in [-0.1, -0.05) is 44.5 Å². The van der Waals surface area contributed by atoms with Crippen LogP contribution in [0.3, 0.4) is 0 Å². The molecular formula is C29H38F3N3O3S. The van der Waals surface area contributed by atoms with Crippen molar-refractivity contribution in [2.75, 3.05) is 19.6 Å². The van der Waals surface area contributed by atoms with E-state index in [0.29, 0.717) is 18.9 Å². The average molecular weight is 566 g/mol. The molecule has 1 aliphatic carbocycles. The standard InChI is InChI=1S/C29H38F3N3O3S/c1-3-34(4-2)20-21-14-15-26-22(17-21)9-7-13-27(26)33-28(36)19-24-11-5-6-16-35(24)39(37,38)25-12-8-10-23(18-25)29(30,31)32/h8,10,12,14-15,17-18,24,27H,3-7,9,11,13,16,19-20H2,1-2H3,(H,33,36)/t24-,27+/m0/s1. The Hall–Kier alpha value is -2.43. The third-order valence-corrected chi connectivity index (χ3v) is 9.87. The van der Waals surface area contributed by atoms with E-state index in [1.807, 2.05) is 0 Å². The van der Waals surface area contributed by atoms with Gasteiger partial charge < -0.3 is 5.32 Å². The van der Waals surface area contributed by atoms with Crippen LogP contribution in [0.25, 0.3) is 0 Å². The first kappa shape index (κ1) is 29.6. The van der Waals surface area contributed by atoms with Crippen LogP contribution in [0.2, 0.25) is 0 Å². The van der Waals surface area contributed by atoms with Gasteiger partial charge >= 0.3 is 6.18 Å². The number of hydrogen-bond donors (Lipinski definition) is 1. The fourth-order valence-electron chi connectivity index (χ4n) is 5.75. The number of sulfonamides is 1. The molecule has 2 aliphatic rings. The zero-order chi connectivity index (χ0) is 28.2. The lowest BCUT2D eigenvalue weighted by atomic mass is 9.86. The number of aryl methyl sites for hydroxylation is 1. The number of carbonyl (C=O) groups is 1. The van der Waals surface area contributed by atoms with Crippen LogP contribution in [-0.2, 0) is 34.0 Å². The number of alkyl halides is 3. The van der Waals surface area contributed by atoms with Crippen LogP contribution in [0.4, 0.5) is 13.2 Å². The molecule has 1 N–H and O–H groups in total. The second-order valence-corrected chi connectivity index (χ2v) is 12.4. The zero-order valence-corrected chi connectivity index (χ0v) is 23.5. The predicted molar refractivity (Wildman–Crippen MR) is 144 cm³/mol. The summed E-state index contributed by atoms with van der Waals surface area (Å²) >= 11 is 0. The Bertz CT molecular complexity index is 1260. The van der Waals surface area contributed by atoms with Crippen molar-refractivity contribution < 1.29 is 26.4 Å². The molecule has 0 bridgehead atoms. The minimum atomic E-state index is -4.64. The minimum absolute atomic E-state index is 0.0237. The first-order valence-corrected chi connectivity index (χ1v) is 15.3. The number of nitrogens with zero attached hydrogens (tertiary/aromatic N) is 2. The van der Waals surface area contributed by atoms with Gasteiger partial charge in [-0.05, 0) is 80.1 Å². The molecule has 6 nitrogen and oxygen atoms in total. The number of piperidine rings is 1. The van der Waals surface area contributed by atoms with Gasteiger partial charge in [0.25, 0.3) is 0 Å². The lowest BCUT2D eigenvalue weighted by Gasteiger charge is -2.35. The van der Waals surface area contributed by atoms with Gasteiger partial charge in [-0.25, -0.2) is 8.42 Å². The Labute approximate surface area is 229 Å². The van der Waals surface area contributed by atoms with Crippen molar-refractivity contribution in [1.82, 2.24) is 14.5 Å². The van der Waals surface area contributed by atoms with Crippen molar-refractivity contribution in [2.45, 2.75) is 88.5 Å². The average Bonchev–Trinajstić information content (AvgIpc) is 2.91. The number of halogens is 3. The van der Waals surface area contributed by atoms with Crippen molar-refractivity contribution in [2.24, 2.45) is 0 Å². The highest BCUT2D eigenvalue weighted by Gasteiger charge is 2.37. The van der Waals surface area contributed by atoms with E-state index in [0.717, 1.165) is 63.0 Å². The van der Waals surface area contributed by atoms with Crippen molar-refractivity contribution in [3.63, 3.8) is 0 Å². The van der Waals surface area contributed by atoms with Gasteiger partial charge in [0.15, 0.2) is 0 Å². The second-order valence-electron chi connectivity index (χ2n) is 10.5. The molecule has 2 aromatic rings. The Morgan fingerprint density at radius 3 is 2.54 bits per heavy atom. The summed E-state index contributed by atoms with van der Waals surface area (Å²) in [6.45, 7) is 7.31. The van der Waals surface area contributed by atoms with Crippen LogP contribution in [0.5, 0.6) is 0 Å². The van der Waals surface area contributed by atoms with E-state index in [4.69, 9.17) is 0 Å². The van der Waals surface area contributed by atoms with Crippen molar-refractivity contribution in [3.05, 3.63) is 64.7 Å². The molecule has 1 fully saturated rings. The van der Waals surface area contributed by atoms with Crippen LogP contribution in [0, 0.1) is 0 Å². The molecule has 1 saturated heterocycles. The molecule has 4 rings (SSSR count). The molecule has 10 heteroatoms. The van der Waals surface area contributed by atoms with Crippen LogP contribution in [0.1, 0.15) is 80.7 Å². The Kier molecular flexibility index (Phi) is 9.39. The van der Waals surface area contributed by atoms with E-state index in [-0.39, 0.29) is 24.9 Å². The van der Waals surface area contributed by atoms with E-state index >= 15 is 0 Å². The van der Waals surface area contributed by atoms with Crippen LogP contribution in [0.15, 0.2) is 47.4 Å². The summed E-state index contributed by atoms with van der Waals surface area (Å²) in [6, 6.07) is 9.53. The fraction of sp³-hybridized carbons (Fsp3) is 0.552. The van der Waals surface area contributed by atoms with E-state index < -0.39 is 32.7 Å². The highest BCUT2D eigenvalue weighted by Crippen LogP contribution is 2.34. The third-order valence-electron chi connectivity index (χ3n) is 7.92. The van der Waals surface area contributed by atoms with Crippen LogP contribution < -0.4 is 5.32 Å². The summed E-state index contributed by atoms with van der Waals surface area (Å²) in [5, 5.41) is 3.13. The fourth-order valence-corrected chi connectivity index (χ4v) is 7.49. The van der Waals surface area contributed by atoms with Gasteiger partial charge in [0, 0.05) is 25.6 Å². The number of hydrogen-bond acceptors (Lipinski definition) is 4. The Morgan fingerprint density at radius 2 is 1.82 bits per heavy atom.